The number of rotatable bonds is 2. The standard InChI is InChI=1S/C24H22FN5O3/c1-23(32)15-4-2-3-5-16(15)24(22(23)31)10-8-14(9-11-24)30-18-7-6-13(25)12-17(18)27-21(30)19-20(26)29-33-28-19/h2-7,12,14,32H,8-11H2,1H3,(H2,26,29)/t14?,23-,24?/m1/s1. The maximum absolute atomic E-state index is 13.9. The lowest BCUT2D eigenvalue weighted by atomic mass is 9.67. The second kappa shape index (κ2) is 6.71. The number of aliphatic hydroxyl groups is 1. The number of hydrogen-bond donors (Lipinski definition) is 2. The van der Waals surface area contributed by atoms with E-state index in [2.05, 4.69) is 15.3 Å². The number of fused-ring (bicyclic) bond motifs is 3. The first-order valence-electron chi connectivity index (χ1n) is 11.0. The Labute approximate surface area is 188 Å². The number of hydrogen-bond acceptors (Lipinski definition) is 7. The van der Waals surface area contributed by atoms with Gasteiger partial charge in [-0.1, -0.05) is 24.3 Å². The van der Waals surface area contributed by atoms with Crippen LogP contribution >= 0.6 is 0 Å². The number of benzene rings is 2. The van der Waals surface area contributed by atoms with Gasteiger partial charge in [-0.3, -0.25) is 4.79 Å². The van der Waals surface area contributed by atoms with Crippen LogP contribution in [0, 0.1) is 5.82 Å². The Kier molecular flexibility index (Phi) is 4.08. The Bertz CT molecular complexity index is 1410. The van der Waals surface area contributed by atoms with Crippen molar-refractivity contribution in [2.75, 3.05) is 5.73 Å². The Morgan fingerprint density at radius 2 is 1.88 bits per heavy atom. The quantitative estimate of drug-likeness (QED) is 0.481. The van der Waals surface area contributed by atoms with Crippen molar-refractivity contribution in [1.82, 2.24) is 19.9 Å². The third-order valence-electron chi connectivity index (χ3n) is 7.39. The average molecular weight is 447 g/mol. The third kappa shape index (κ3) is 2.65. The largest absolute Gasteiger partial charge is 0.379 e. The first kappa shape index (κ1) is 20.0. The molecular formula is C24H22FN5O3. The molecule has 1 fully saturated rings. The monoisotopic (exact) mass is 447 g/mol. The highest BCUT2D eigenvalue weighted by Gasteiger charge is 2.58. The van der Waals surface area contributed by atoms with Gasteiger partial charge in [0.05, 0.1) is 16.4 Å². The Morgan fingerprint density at radius 1 is 1.15 bits per heavy atom. The lowest BCUT2D eigenvalue weighted by molar-refractivity contribution is -0.141. The number of Topliss-reactive ketones (excluding diaryl/α,β-unsaturated/α-hetero) is 1. The molecule has 4 aromatic rings. The molecule has 1 saturated carbocycles. The molecule has 2 aliphatic rings. The number of carbonyl (C=O) groups is 1. The van der Waals surface area contributed by atoms with Crippen LogP contribution in [-0.4, -0.2) is 30.8 Å². The molecule has 8 nitrogen and oxygen atoms in total. The summed E-state index contributed by atoms with van der Waals surface area (Å²) >= 11 is 0. The van der Waals surface area contributed by atoms with Gasteiger partial charge in [0.15, 0.2) is 23.1 Å². The van der Waals surface area contributed by atoms with E-state index in [0.29, 0.717) is 48.3 Å². The first-order valence-corrected chi connectivity index (χ1v) is 11.0. The van der Waals surface area contributed by atoms with E-state index in [9.17, 15) is 14.3 Å². The second-order valence-corrected chi connectivity index (χ2v) is 9.20. The molecule has 2 aliphatic carbocycles. The van der Waals surface area contributed by atoms with Crippen LogP contribution in [0.15, 0.2) is 47.1 Å². The fourth-order valence-corrected chi connectivity index (χ4v) is 5.84. The van der Waals surface area contributed by atoms with E-state index < -0.39 is 11.0 Å². The minimum atomic E-state index is -1.49. The number of ketones is 1. The molecule has 2 heterocycles. The number of nitrogens with zero attached hydrogens (tertiary/aromatic N) is 4. The highest BCUT2D eigenvalue weighted by atomic mass is 19.1. The number of halogens is 1. The average Bonchev–Trinajstić information content (AvgIpc) is 3.44. The third-order valence-corrected chi connectivity index (χ3v) is 7.39. The van der Waals surface area contributed by atoms with E-state index in [1.165, 1.54) is 12.1 Å². The van der Waals surface area contributed by atoms with Crippen molar-refractivity contribution in [3.63, 3.8) is 0 Å². The molecule has 0 bridgehead atoms. The van der Waals surface area contributed by atoms with Gasteiger partial charge in [-0.15, -0.1) is 0 Å². The van der Waals surface area contributed by atoms with Gasteiger partial charge in [0.25, 0.3) is 0 Å². The molecule has 3 N–H and O–H groups in total. The number of imidazole rings is 1. The molecule has 0 amide bonds. The minimum absolute atomic E-state index is 0.0253. The van der Waals surface area contributed by atoms with Crippen molar-refractivity contribution in [1.29, 1.82) is 0 Å². The van der Waals surface area contributed by atoms with Crippen molar-refractivity contribution in [2.24, 2.45) is 0 Å². The normalized spacial score (nSPS) is 26.9. The van der Waals surface area contributed by atoms with E-state index in [4.69, 9.17) is 10.4 Å². The van der Waals surface area contributed by atoms with Crippen LogP contribution in [0.3, 0.4) is 0 Å². The van der Waals surface area contributed by atoms with Crippen LogP contribution < -0.4 is 5.73 Å². The van der Waals surface area contributed by atoms with Crippen molar-refractivity contribution < 1.29 is 18.9 Å². The number of carbonyl (C=O) groups excluding carboxylic acids is 1. The van der Waals surface area contributed by atoms with Gasteiger partial charge in [0, 0.05) is 12.1 Å². The van der Waals surface area contributed by atoms with Crippen LogP contribution in [0.5, 0.6) is 0 Å². The Balaban J connectivity index is 1.43. The summed E-state index contributed by atoms with van der Waals surface area (Å²) in [7, 11) is 0. The number of nitrogen functional groups attached to an aromatic ring is 1. The second-order valence-electron chi connectivity index (χ2n) is 9.20. The summed E-state index contributed by atoms with van der Waals surface area (Å²) in [6.45, 7) is 1.59. The number of anilines is 1. The SMILES string of the molecule is C[C@]1(O)C(=O)C2(CCC(n3c(-c4nonc4N)nc4cc(F)ccc43)CC2)c2ccccc21. The van der Waals surface area contributed by atoms with E-state index in [0.717, 1.165) is 11.1 Å². The van der Waals surface area contributed by atoms with Crippen molar-refractivity contribution >= 4 is 22.6 Å². The van der Waals surface area contributed by atoms with Crippen LogP contribution in [0.25, 0.3) is 22.6 Å². The highest BCUT2D eigenvalue weighted by molar-refractivity contribution is 6.02. The van der Waals surface area contributed by atoms with Crippen LogP contribution in [-0.2, 0) is 15.8 Å². The molecule has 0 aliphatic heterocycles. The van der Waals surface area contributed by atoms with E-state index in [-0.39, 0.29) is 23.5 Å². The summed E-state index contributed by atoms with van der Waals surface area (Å²) in [5.74, 6) is 0.0380. The zero-order valence-corrected chi connectivity index (χ0v) is 18.0. The highest BCUT2D eigenvalue weighted by Crippen LogP contribution is 2.54. The van der Waals surface area contributed by atoms with Gasteiger partial charge < -0.3 is 15.4 Å². The molecule has 6 rings (SSSR count). The topological polar surface area (TPSA) is 120 Å². The zero-order valence-electron chi connectivity index (χ0n) is 18.0. The van der Waals surface area contributed by atoms with Crippen LogP contribution in [0.4, 0.5) is 10.2 Å². The zero-order chi connectivity index (χ0) is 23.0. The van der Waals surface area contributed by atoms with Gasteiger partial charge in [-0.2, -0.15) is 0 Å². The fraction of sp³-hybridized carbons (Fsp3) is 0.333. The summed E-state index contributed by atoms with van der Waals surface area (Å²) in [5, 5.41) is 18.6. The van der Waals surface area contributed by atoms with E-state index in [1.807, 2.05) is 28.8 Å². The van der Waals surface area contributed by atoms with Crippen molar-refractivity contribution in [3.05, 3.63) is 59.4 Å². The molecule has 2 aromatic carbocycles. The minimum Gasteiger partial charge on any atom is -0.379 e. The Morgan fingerprint density at radius 3 is 2.58 bits per heavy atom. The molecule has 2 aromatic heterocycles. The molecular weight excluding hydrogens is 425 g/mol. The molecule has 33 heavy (non-hydrogen) atoms. The lowest BCUT2D eigenvalue weighted by Crippen LogP contribution is -2.42. The molecule has 0 saturated heterocycles. The Hall–Kier alpha value is -3.59. The van der Waals surface area contributed by atoms with Gasteiger partial charge in [-0.05, 0) is 66.2 Å². The summed E-state index contributed by atoms with van der Waals surface area (Å²) in [6, 6.07) is 12.0. The van der Waals surface area contributed by atoms with Crippen molar-refractivity contribution in [3.8, 4) is 11.5 Å². The molecule has 1 atom stereocenters. The number of aromatic nitrogens is 4. The lowest BCUT2D eigenvalue weighted by Gasteiger charge is -2.38. The van der Waals surface area contributed by atoms with E-state index in [1.54, 1.807) is 13.0 Å². The smallest absolute Gasteiger partial charge is 0.199 e. The predicted molar refractivity (Wildman–Crippen MR) is 118 cm³/mol. The summed E-state index contributed by atoms with van der Waals surface area (Å²) < 4.78 is 20.7. The molecule has 0 unspecified atom stereocenters. The molecule has 168 valence electrons. The van der Waals surface area contributed by atoms with Gasteiger partial charge in [0.1, 0.15) is 11.4 Å². The maximum Gasteiger partial charge on any atom is 0.199 e. The number of nitrogens with two attached hydrogens (primary N) is 1. The van der Waals surface area contributed by atoms with Gasteiger partial charge in [0.2, 0.25) is 0 Å². The molecule has 0 radical (unpaired) electrons. The summed E-state index contributed by atoms with van der Waals surface area (Å²) in [4.78, 5) is 18.0. The summed E-state index contributed by atoms with van der Waals surface area (Å²) in [6.07, 6.45) is 2.49. The maximum atomic E-state index is 13.9. The molecule has 1 spiro atoms. The fourth-order valence-electron chi connectivity index (χ4n) is 5.84. The van der Waals surface area contributed by atoms with Crippen LogP contribution in [0.2, 0.25) is 0 Å². The van der Waals surface area contributed by atoms with Crippen LogP contribution in [0.1, 0.15) is 49.8 Å². The summed E-state index contributed by atoms with van der Waals surface area (Å²) in [5.41, 5.74) is 6.89. The first-order chi connectivity index (χ1) is 15.8. The van der Waals surface area contributed by atoms with Gasteiger partial charge in [-0.25, -0.2) is 14.0 Å². The molecule has 9 heteroatoms. The van der Waals surface area contributed by atoms with Gasteiger partial charge >= 0.3 is 0 Å². The van der Waals surface area contributed by atoms with Crippen molar-refractivity contribution in [2.45, 2.75) is 49.7 Å². The van der Waals surface area contributed by atoms with E-state index >= 15 is 0 Å². The predicted octanol–water partition coefficient (Wildman–Crippen LogP) is 3.65.